The zero-order valence-electron chi connectivity index (χ0n) is 13.2. The van der Waals surface area contributed by atoms with Crippen LogP contribution in [0, 0.1) is 17.6 Å². The number of amides is 1. The minimum Gasteiger partial charge on any atom is -0.462 e. The van der Waals surface area contributed by atoms with Gasteiger partial charge in [-0.25, -0.2) is 4.79 Å². The highest BCUT2D eigenvalue weighted by Crippen LogP contribution is 2.40. The molecule has 0 aliphatic carbocycles. The first kappa shape index (κ1) is 19.6. The number of esters is 1. The number of benzene rings is 1. The van der Waals surface area contributed by atoms with E-state index in [1.807, 2.05) is 5.40 Å². The van der Waals surface area contributed by atoms with Crippen LogP contribution >= 0.6 is 46.3 Å². The predicted molar refractivity (Wildman–Crippen MR) is 101 cm³/mol. The molecule has 0 aliphatic rings. The SMILES string of the molecule is CCOC(=O)c1sc(NC(=O)c2ccc(Cl)cc2Cl)c(SC#N)c1C. The quantitative estimate of drug-likeness (QED) is 0.404. The highest BCUT2D eigenvalue weighted by atomic mass is 35.5. The topological polar surface area (TPSA) is 79.2 Å². The third-order valence-corrected chi connectivity index (χ3v) is 5.77. The summed E-state index contributed by atoms with van der Waals surface area (Å²) in [5.74, 6) is -0.951. The van der Waals surface area contributed by atoms with Gasteiger partial charge >= 0.3 is 5.97 Å². The smallest absolute Gasteiger partial charge is 0.348 e. The largest absolute Gasteiger partial charge is 0.462 e. The van der Waals surface area contributed by atoms with Gasteiger partial charge in [-0.1, -0.05) is 23.2 Å². The summed E-state index contributed by atoms with van der Waals surface area (Å²) >= 11 is 13.8. The molecule has 1 N–H and O–H groups in total. The van der Waals surface area contributed by atoms with E-state index in [-0.39, 0.29) is 17.2 Å². The minimum atomic E-state index is -0.491. The number of rotatable bonds is 5. The van der Waals surface area contributed by atoms with Gasteiger partial charge in [-0.05, 0) is 49.4 Å². The van der Waals surface area contributed by atoms with E-state index in [0.29, 0.717) is 25.4 Å². The fourth-order valence-electron chi connectivity index (χ4n) is 1.98. The van der Waals surface area contributed by atoms with E-state index in [2.05, 4.69) is 5.32 Å². The number of halogens is 2. The first-order valence-corrected chi connectivity index (χ1v) is 9.40. The number of anilines is 1. The van der Waals surface area contributed by atoms with E-state index >= 15 is 0 Å². The van der Waals surface area contributed by atoms with Crippen LogP contribution in [0.15, 0.2) is 23.1 Å². The van der Waals surface area contributed by atoms with Gasteiger partial charge in [0.1, 0.15) is 15.3 Å². The average Bonchev–Trinajstić information content (AvgIpc) is 2.84. The Labute approximate surface area is 162 Å². The monoisotopic (exact) mass is 414 g/mol. The second-order valence-electron chi connectivity index (χ2n) is 4.71. The number of hydrogen-bond donors (Lipinski definition) is 1. The first-order chi connectivity index (χ1) is 11.9. The van der Waals surface area contributed by atoms with Crippen LogP contribution in [-0.4, -0.2) is 18.5 Å². The zero-order chi connectivity index (χ0) is 18.6. The molecule has 1 heterocycles. The Hall–Kier alpha value is -1.72. The maximum absolute atomic E-state index is 12.5. The number of hydrogen-bond acceptors (Lipinski definition) is 6. The van der Waals surface area contributed by atoms with E-state index in [0.717, 1.165) is 23.1 Å². The maximum Gasteiger partial charge on any atom is 0.348 e. The Morgan fingerprint density at radius 3 is 2.72 bits per heavy atom. The van der Waals surface area contributed by atoms with Crippen LogP contribution in [0.1, 0.15) is 32.5 Å². The van der Waals surface area contributed by atoms with Gasteiger partial charge in [0.25, 0.3) is 5.91 Å². The molecule has 2 rings (SSSR count). The molecule has 130 valence electrons. The molecule has 5 nitrogen and oxygen atoms in total. The lowest BCUT2D eigenvalue weighted by molar-refractivity contribution is 0.0531. The van der Waals surface area contributed by atoms with Gasteiger partial charge in [-0.2, -0.15) is 5.26 Å². The lowest BCUT2D eigenvalue weighted by atomic mass is 10.2. The van der Waals surface area contributed by atoms with Crippen molar-refractivity contribution in [3.05, 3.63) is 44.2 Å². The van der Waals surface area contributed by atoms with Crippen molar-refractivity contribution in [3.63, 3.8) is 0 Å². The van der Waals surface area contributed by atoms with Gasteiger partial charge in [0.05, 0.1) is 22.1 Å². The molecule has 0 fully saturated rings. The van der Waals surface area contributed by atoms with Gasteiger partial charge < -0.3 is 10.1 Å². The highest BCUT2D eigenvalue weighted by molar-refractivity contribution is 8.04. The van der Waals surface area contributed by atoms with Crippen LogP contribution < -0.4 is 5.32 Å². The van der Waals surface area contributed by atoms with Gasteiger partial charge in [0.2, 0.25) is 0 Å². The number of thiophene rings is 1. The third kappa shape index (κ3) is 4.47. The number of carbonyl (C=O) groups excluding carboxylic acids is 2. The zero-order valence-corrected chi connectivity index (χ0v) is 16.3. The van der Waals surface area contributed by atoms with Crippen LogP contribution in [0.25, 0.3) is 0 Å². The van der Waals surface area contributed by atoms with Crippen LogP contribution in [0.2, 0.25) is 10.0 Å². The van der Waals surface area contributed by atoms with Crippen molar-refractivity contribution in [1.29, 1.82) is 5.26 Å². The van der Waals surface area contributed by atoms with E-state index in [9.17, 15) is 9.59 Å². The van der Waals surface area contributed by atoms with Crippen molar-refractivity contribution in [3.8, 4) is 5.40 Å². The number of nitrogens with one attached hydrogen (secondary N) is 1. The van der Waals surface area contributed by atoms with Gasteiger partial charge in [-0.3, -0.25) is 4.79 Å². The summed E-state index contributed by atoms with van der Waals surface area (Å²) in [5.41, 5.74) is 0.829. The molecule has 1 aromatic heterocycles. The van der Waals surface area contributed by atoms with E-state index in [1.165, 1.54) is 12.1 Å². The van der Waals surface area contributed by atoms with E-state index in [1.54, 1.807) is 19.9 Å². The van der Waals surface area contributed by atoms with E-state index in [4.69, 9.17) is 33.2 Å². The van der Waals surface area contributed by atoms with Gasteiger partial charge in [0.15, 0.2) is 0 Å². The van der Waals surface area contributed by atoms with Crippen LogP contribution in [0.5, 0.6) is 0 Å². The fourth-order valence-corrected chi connectivity index (χ4v) is 4.27. The number of ether oxygens (including phenoxy) is 1. The van der Waals surface area contributed by atoms with E-state index < -0.39 is 11.9 Å². The Balaban J connectivity index is 2.37. The lowest BCUT2D eigenvalue weighted by Gasteiger charge is -2.06. The summed E-state index contributed by atoms with van der Waals surface area (Å²) in [6.45, 7) is 3.64. The number of nitriles is 1. The summed E-state index contributed by atoms with van der Waals surface area (Å²) < 4.78 is 5.01. The van der Waals surface area contributed by atoms with Crippen molar-refractivity contribution in [2.24, 2.45) is 0 Å². The van der Waals surface area contributed by atoms with Crippen molar-refractivity contribution >= 4 is 63.2 Å². The molecule has 0 unspecified atom stereocenters. The molecule has 0 saturated heterocycles. The Bertz CT molecular complexity index is 875. The molecule has 9 heteroatoms. The molecule has 0 saturated carbocycles. The molecule has 0 radical (unpaired) electrons. The van der Waals surface area contributed by atoms with Crippen molar-refractivity contribution in [1.82, 2.24) is 0 Å². The lowest BCUT2D eigenvalue weighted by Crippen LogP contribution is -2.12. The number of nitrogens with zero attached hydrogens (tertiary/aromatic N) is 1. The van der Waals surface area contributed by atoms with Crippen molar-refractivity contribution < 1.29 is 14.3 Å². The molecule has 25 heavy (non-hydrogen) atoms. The maximum atomic E-state index is 12.5. The first-order valence-electron chi connectivity index (χ1n) is 7.01. The van der Waals surface area contributed by atoms with Gasteiger partial charge in [-0.15, -0.1) is 11.3 Å². The Kier molecular flexibility index (Phi) is 6.73. The molecule has 1 amide bonds. The standard InChI is InChI=1S/C16H12Cl2N2O3S2/c1-3-23-16(22)13-8(2)12(24-7-19)15(25-13)20-14(21)10-5-4-9(17)6-11(10)18/h4-6H,3H2,1-2H3,(H,20,21). The summed E-state index contributed by atoms with van der Waals surface area (Å²) in [4.78, 5) is 25.4. The molecular weight excluding hydrogens is 403 g/mol. The molecule has 0 atom stereocenters. The van der Waals surface area contributed by atoms with Crippen LogP contribution in [0.3, 0.4) is 0 Å². The second kappa shape index (κ2) is 8.59. The number of carbonyl (C=O) groups is 2. The fraction of sp³-hybridized carbons (Fsp3) is 0.188. The Morgan fingerprint density at radius 2 is 2.12 bits per heavy atom. The van der Waals surface area contributed by atoms with Crippen LogP contribution in [-0.2, 0) is 4.74 Å². The number of thiocyanates is 1. The highest BCUT2D eigenvalue weighted by Gasteiger charge is 2.23. The van der Waals surface area contributed by atoms with Crippen molar-refractivity contribution in [2.75, 3.05) is 11.9 Å². The number of thioether (sulfide) groups is 1. The minimum absolute atomic E-state index is 0.207. The Morgan fingerprint density at radius 1 is 1.40 bits per heavy atom. The van der Waals surface area contributed by atoms with Crippen molar-refractivity contribution in [2.45, 2.75) is 18.7 Å². The molecule has 0 spiro atoms. The molecule has 1 aromatic carbocycles. The summed E-state index contributed by atoms with van der Waals surface area (Å²) in [6, 6.07) is 4.52. The van der Waals surface area contributed by atoms with Gasteiger partial charge in [0, 0.05) is 5.02 Å². The normalized spacial score (nSPS) is 10.2. The predicted octanol–water partition coefficient (Wildman–Crippen LogP) is 5.37. The molecule has 0 bridgehead atoms. The summed E-state index contributed by atoms with van der Waals surface area (Å²) in [6.07, 6.45) is 0. The summed E-state index contributed by atoms with van der Waals surface area (Å²) in [7, 11) is 0. The second-order valence-corrected chi connectivity index (χ2v) is 7.37. The molecule has 2 aromatic rings. The average molecular weight is 415 g/mol. The molecule has 0 aliphatic heterocycles. The third-order valence-electron chi connectivity index (χ3n) is 3.10. The molecular formula is C16H12Cl2N2O3S2. The van der Waals surface area contributed by atoms with Crippen LogP contribution in [0.4, 0.5) is 5.00 Å². The summed E-state index contributed by atoms with van der Waals surface area (Å²) in [5, 5.41) is 14.7.